The average molecular weight is 273 g/mol. The minimum absolute atomic E-state index is 0.00685. The predicted octanol–water partition coefficient (Wildman–Crippen LogP) is 3.15. The topological polar surface area (TPSA) is 55.8 Å². The van der Waals surface area contributed by atoms with E-state index in [1.54, 1.807) is 12.1 Å². The Kier molecular flexibility index (Phi) is 5.28. The molecule has 1 N–H and O–H groups in total. The van der Waals surface area contributed by atoms with Gasteiger partial charge in [-0.05, 0) is 31.9 Å². The molecule has 0 fully saturated rings. The maximum Gasteiger partial charge on any atom is 0.303 e. The van der Waals surface area contributed by atoms with Gasteiger partial charge in [0, 0.05) is 17.5 Å². The normalized spacial score (nSPS) is 10.5. The smallest absolute Gasteiger partial charge is 0.303 e. The van der Waals surface area contributed by atoms with E-state index in [1.165, 1.54) is 7.11 Å². The van der Waals surface area contributed by atoms with Crippen molar-refractivity contribution in [1.82, 2.24) is 0 Å². The second kappa shape index (κ2) is 6.50. The zero-order valence-electron chi connectivity index (χ0n) is 10.7. The number of benzene rings is 1. The van der Waals surface area contributed by atoms with Gasteiger partial charge in [0.15, 0.2) is 11.5 Å². The van der Waals surface area contributed by atoms with E-state index in [0.717, 1.165) is 5.56 Å². The molecular formula is C13H17ClO4. The van der Waals surface area contributed by atoms with Gasteiger partial charge in [0.05, 0.1) is 13.2 Å². The van der Waals surface area contributed by atoms with Crippen LogP contribution >= 0.6 is 11.6 Å². The zero-order chi connectivity index (χ0) is 13.7. The Morgan fingerprint density at radius 1 is 1.39 bits per heavy atom. The molecule has 1 rings (SSSR count). The third-order valence-corrected chi connectivity index (χ3v) is 2.66. The SMILES string of the molecule is COc1cc(Cl)c(CCC(=O)O)cc1OC(C)C. The highest BCUT2D eigenvalue weighted by Gasteiger charge is 2.12. The largest absolute Gasteiger partial charge is 0.493 e. The van der Waals surface area contributed by atoms with Crippen molar-refractivity contribution < 1.29 is 19.4 Å². The molecule has 100 valence electrons. The number of methoxy groups -OCH3 is 1. The van der Waals surface area contributed by atoms with Crippen LogP contribution in [0, 0.1) is 0 Å². The van der Waals surface area contributed by atoms with Crippen LogP contribution in [-0.2, 0) is 11.2 Å². The number of aryl methyl sites for hydroxylation is 1. The van der Waals surface area contributed by atoms with E-state index in [1.807, 2.05) is 13.8 Å². The van der Waals surface area contributed by atoms with Crippen molar-refractivity contribution >= 4 is 17.6 Å². The van der Waals surface area contributed by atoms with Gasteiger partial charge in [-0.2, -0.15) is 0 Å². The molecular weight excluding hydrogens is 256 g/mol. The molecule has 0 aliphatic rings. The average Bonchev–Trinajstić information content (AvgIpc) is 2.28. The van der Waals surface area contributed by atoms with Crippen molar-refractivity contribution in [1.29, 1.82) is 0 Å². The van der Waals surface area contributed by atoms with Gasteiger partial charge in [0.1, 0.15) is 0 Å². The predicted molar refractivity (Wildman–Crippen MR) is 69.7 cm³/mol. The number of carboxylic acid groups (broad SMARTS) is 1. The molecule has 0 spiro atoms. The minimum atomic E-state index is -0.854. The molecule has 5 heteroatoms. The lowest BCUT2D eigenvalue weighted by atomic mass is 10.1. The summed E-state index contributed by atoms with van der Waals surface area (Å²) in [6.07, 6.45) is 0.409. The summed E-state index contributed by atoms with van der Waals surface area (Å²) in [4.78, 5) is 10.6. The van der Waals surface area contributed by atoms with Crippen molar-refractivity contribution in [3.8, 4) is 11.5 Å². The molecule has 0 aromatic heterocycles. The quantitative estimate of drug-likeness (QED) is 0.864. The van der Waals surface area contributed by atoms with E-state index in [9.17, 15) is 4.79 Å². The van der Waals surface area contributed by atoms with Gasteiger partial charge in [-0.15, -0.1) is 0 Å². The highest BCUT2D eigenvalue weighted by atomic mass is 35.5. The van der Waals surface area contributed by atoms with Crippen molar-refractivity contribution in [3.05, 3.63) is 22.7 Å². The lowest BCUT2D eigenvalue weighted by molar-refractivity contribution is -0.136. The second-order valence-electron chi connectivity index (χ2n) is 4.15. The van der Waals surface area contributed by atoms with Crippen molar-refractivity contribution in [3.63, 3.8) is 0 Å². The van der Waals surface area contributed by atoms with Crippen LogP contribution < -0.4 is 9.47 Å². The molecule has 0 amide bonds. The van der Waals surface area contributed by atoms with Crippen LogP contribution in [0.3, 0.4) is 0 Å². The Morgan fingerprint density at radius 3 is 2.56 bits per heavy atom. The fraction of sp³-hybridized carbons (Fsp3) is 0.462. The third-order valence-electron chi connectivity index (χ3n) is 2.30. The molecule has 0 atom stereocenters. The summed E-state index contributed by atoms with van der Waals surface area (Å²) in [5, 5.41) is 9.17. The maximum absolute atomic E-state index is 10.6. The van der Waals surface area contributed by atoms with Gasteiger partial charge in [-0.3, -0.25) is 4.79 Å². The van der Waals surface area contributed by atoms with Crippen LogP contribution in [0.5, 0.6) is 11.5 Å². The third kappa shape index (κ3) is 4.11. The minimum Gasteiger partial charge on any atom is -0.493 e. The number of hydrogen-bond acceptors (Lipinski definition) is 3. The van der Waals surface area contributed by atoms with Crippen LogP contribution in [0.2, 0.25) is 5.02 Å². The summed E-state index contributed by atoms with van der Waals surface area (Å²) in [7, 11) is 1.54. The number of rotatable bonds is 6. The standard InChI is InChI=1S/C13H17ClO4/c1-8(2)18-12-6-9(4-5-13(15)16)10(14)7-11(12)17-3/h6-8H,4-5H2,1-3H3,(H,15,16). The summed E-state index contributed by atoms with van der Waals surface area (Å²) >= 11 is 6.07. The van der Waals surface area contributed by atoms with Gasteiger partial charge in [0.25, 0.3) is 0 Å². The summed E-state index contributed by atoms with van der Waals surface area (Å²) in [6, 6.07) is 3.39. The summed E-state index contributed by atoms with van der Waals surface area (Å²) < 4.78 is 10.8. The lowest BCUT2D eigenvalue weighted by Crippen LogP contribution is -2.07. The first-order valence-corrected chi connectivity index (χ1v) is 6.06. The van der Waals surface area contributed by atoms with Crippen molar-refractivity contribution in [2.24, 2.45) is 0 Å². The molecule has 0 aliphatic heterocycles. The highest BCUT2D eigenvalue weighted by Crippen LogP contribution is 2.34. The first-order valence-electron chi connectivity index (χ1n) is 5.69. The van der Waals surface area contributed by atoms with Gasteiger partial charge < -0.3 is 14.6 Å². The molecule has 18 heavy (non-hydrogen) atoms. The zero-order valence-corrected chi connectivity index (χ0v) is 11.5. The van der Waals surface area contributed by atoms with Crippen LogP contribution in [-0.4, -0.2) is 24.3 Å². The Morgan fingerprint density at radius 2 is 2.06 bits per heavy atom. The maximum atomic E-state index is 10.6. The number of hydrogen-bond donors (Lipinski definition) is 1. The number of carbonyl (C=O) groups is 1. The number of halogens is 1. The summed E-state index contributed by atoms with van der Waals surface area (Å²) in [6.45, 7) is 3.82. The van der Waals surface area contributed by atoms with E-state index in [4.69, 9.17) is 26.2 Å². The fourth-order valence-electron chi connectivity index (χ4n) is 1.52. The molecule has 0 bridgehead atoms. The first kappa shape index (κ1) is 14.6. The molecule has 0 aliphatic carbocycles. The molecule has 0 heterocycles. The van der Waals surface area contributed by atoms with E-state index in [0.29, 0.717) is 22.9 Å². The Balaban J connectivity index is 3.00. The molecule has 1 aromatic carbocycles. The van der Waals surface area contributed by atoms with Gasteiger partial charge in [0.2, 0.25) is 0 Å². The van der Waals surface area contributed by atoms with Crippen LogP contribution in [0.15, 0.2) is 12.1 Å². The summed E-state index contributed by atoms with van der Waals surface area (Å²) in [5.41, 5.74) is 0.746. The van der Waals surface area contributed by atoms with E-state index in [2.05, 4.69) is 0 Å². The molecule has 0 unspecified atom stereocenters. The molecule has 0 radical (unpaired) electrons. The summed E-state index contributed by atoms with van der Waals surface area (Å²) in [5.74, 6) is 0.276. The van der Waals surface area contributed by atoms with E-state index in [-0.39, 0.29) is 12.5 Å². The molecule has 1 aromatic rings. The van der Waals surface area contributed by atoms with E-state index < -0.39 is 5.97 Å². The van der Waals surface area contributed by atoms with E-state index >= 15 is 0 Å². The van der Waals surface area contributed by atoms with Crippen LogP contribution in [0.25, 0.3) is 0 Å². The Hall–Kier alpha value is -1.42. The number of carboxylic acids is 1. The van der Waals surface area contributed by atoms with Gasteiger partial charge in [-0.1, -0.05) is 11.6 Å². The van der Waals surface area contributed by atoms with Crippen LogP contribution in [0.1, 0.15) is 25.8 Å². The van der Waals surface area contributed by atoms with Gasteiger partial charge >= 0.3 is 5.97 Å². The molecule has 4 nitrogen and oxygen atoms in total. The Bertz CT molecular complexity index is 429. The van der Waals surface area contributed by atoms with Gasteiger partial charge in [-0.25, -0.2) is 0 Å². The monoisotopic (exact) mass is 272 g/mol. The molecule has 0 saturated carbocycles. The van der Waals surface area contributed by atoms with Crippen molar-refractivity contribution in [2.45, 2.75) is 32.8 Å². The number of aliphatic carboxylic acids is 1. The Labute approximate surface area is 111 Å². The fourth-order valence-corrected chi connectivity index (χ4v) is 1.76. The first-order chi connectivity index (χ1) is 8.43. The number of ether oxygens (including phenoxy) is 2. The lowest BCUT2D eigenvalue weighted by Gasteiger charge is -2.15. The second-order valence-corrected chi connectivity index (χ2v) is 4.56. The molecule has 0 saturated heterocycles. The van der Waals surface area contributed by atoms with Crippen LogP contribution in [0.4, 0.5) is 0 Å². The highest BCUT2D eigenvalue weighted by molar-refractivity contribution is 6.31. The van der Waals surface area contributed by atoms with Crippen molar-refractivity contribution in [2.75, 3.05) is 7.11 Å².